The van der Waals surface area contributed by atoms with Crippen LogP contribution in [0.15, 0.2) is 18.2 Å². The first-order valence-corrected chi connectivity index (χ1v) is 4.51. The van der Waals surface area contributed by atoms with Crippen LogP contribution in [0.5, 0.6) is 0 Å². The number of hydrogen-bond acceptors (Lipinski definition) is 2. The molecule has 2 rings (SSSR count). The summed E-state index contributed by atoms with van der Waals surface area (Å²) in [6.45, 7) is 0. The third kappa shape index (κ3) is 1.35. The number of halogens is 2. The van der Waals surface area contributed by atoms with E-state index in [1.807, 2.05) is 0 Å². The van der Waals surface area contributed by atoms with Crippen molar-refractivity contribution in [1.29, 1.82) is 0 Å². The van der Waals surface area contributed by atoms with E-state index in [4.69, 9.17) is 5.11 Å². The summed E-state index contributed by atoms with van der Waals surface area (Å²) in [4.78, 5) is 10.6. The van der Waals surface area contributed by atoms with Gasteiger partial charge in [0.05, 0.1) is 0 Å². The van der Waals surface area contributed by atoms with Gasteiger partial charge in [0.15, 0.2) is 11.6 Å². The lowest BCUT2D eigenvalue weighted by Crippen LogP contribution is -1.89. The summed E-state index contributed by atoms with van der Waals surface area (Å²) in [5.41, 5.74) is 0. The van der Waals surface area contributed by atoms with Crippen molar-refractivity contribution in [3.8, 4) is 0 Å². The lowest BCUT2D eigenvalue weighted by Gasteiger charge is -1.91. The Balaban J connectivity index is 2.72. The van der Waals surface area contributed by atoms with E-state index in [0.717, 1.165) is 23.5 Å². The number of carbonyl (C=O) groups is 1. The number of fused-ring (bicyclic) bond motifs is 1. The van der Waals surface area contributed by atoms with Crippen LogP contribution >= 0.6 is 11.3 Å². The second-order valence-corrected chi connectivity index (χ2v) is 3.80. The molecule has 1 N–H and O–H groups in total. The van der Waals surface area contributed by atoms with E-state index < -0.39 is 17.6 Å². The quantitative estimate of drug-likeness (QED) is 0.792. The number of hydrogen-bond donors (Lipinski definition) is 1. The molecule has 1 heterocycles. The van der Waals surface area contributed by atoms with Crippen molar-refractivity contribution >= 4 is 27.4 Å². The molecule has 0 saturated carbocycles. The van der Waals surface area contributed by atoms with Crippen molar-refractivity contribution in [3.05, 3.63) is 34.7 Å². The van der Waals surface area contributed by atoms with E-state index in [2.05, 4.69) is 0 Å². The molecule has 0 amide bonds. The lowest BCUT2D eigenvalue weighted by molar-refractivity contribution is 0.0702. The first kappa shape index (κ1) is 9.08. The first-order chi connectivity index (χ1) is 6.58. The molecule has 0 radical (unpaired) electrons. The van der Waals surface area contributed by atoms with Gasteiger partial charge in [0.1, 0.15) is 4.88 Å². The van der Waals surface area contributed by atoms with E-state index in [1.54, 1.807) is 0 Å². The Bertz CT molecular complexity index is 480. The monoisotopic (exact) mass is 214 g/mol. The molecule has 5 heteroatoms. The predicted molar refractivity (Wildman–Crippen MR) is 48.7 cm³/mol. The third-order valence-corrected chi connectivity index (χ3v) is 2.86. The van der Waals surface area contributed by atoms with Gasteiger partial charge in [0.2, 0.25) is 0 Å². The average Bonchev–Trinajstić information content (AvgIpc) is 2.48. The predicted octanol–water partition coefficient (Wildman–Crippen LogP) is 2.88. The van der Waals surface area contributed by atoms with Gasteiger partial charge in [0.25, 0.3) is 0 Å². The van der Waals surface area contributed by atoms with E-state index >= 15 is 0 Å². The first-order valence-electron chi connectivity index (χ1n) is 3.70. The van der Waals surface area contributed by atoms with Crippen LogP contribution in [0.4, 0.5) is 8.78 Å². The topological polar surface area (TPSA) is 37.3 Å². The Morgan fingerprint density at radius 2 is 1.86 bits per heavy atom. The van der Waals surface area contributed by atoms with Crippen LogP contribution in [0.3, 0.4) is 0 Å². The maximum atomic E-state index is 12.7. The van der Waals surface area contributed by atoms with Gasteiger partial charge in [-0.3, -0.25) is 0 Å². The molecule has 0 aliphatic carbocycles. The molecular formula is C9H4F2O2S. The van der Waals surface area contributed by atoms with E-state index in [1.165, 1.54) is 6.07 Å². The number of aromatic carboxylic acids is 1. The molecule has 72 valence electrons. The van der Waals surface area contributed by atoms with Crippen LogP contribution in [0.25, 0.3) is 10.1 Å². The molecule has 0 aliphatic heterocycles. The van der Waals surface area contributed by atoms with Gasteiger partial charge in [-0.15, -0.1) is 11.3 Å². The largest absolute Gasteiger partial charge is 0.477 e. The highest BCUT2D eigenvalue weighted by molar-refractivity contribution is 7.20. The molecule has 0 fully saturated rings. The SMILES string of the molecule is O=C(O)c1cc2cc(F)c(F)cc2s1. The summed E-state index contributed by atoms with van der Waals surface area (Å²) in [7, 11) is 0. The van der Waals surface area contributed by atoms with Gasteiger partial charge in [-0.05, 0) is 23.6 Å². The summed E-state index contributed by atoms with van der Waals surface area (Å²) in [5, 5.41) is 9.06. The minimum atomic E-state index is -1.09. The molecule has 0 spiro atoms. The molecular weight excluding hydrogens is 210 g/mol. The zero-order valence-electron chi connectivity index (χ0n) is 6.75. The number of benzene rings is 1. The lowest BCUT2D eigenvalue weighted by atomic mass is 10.2. The summed E-state index contributed by atoms with van der Waals surface area (Å²) >= 11 is 0.922. The van der Waals surface area contributed by atoms with Crippen LogP contribution in [-0.2, 0) is 0 Å². The second-order valence-electron chi connectivity index (χ2n) is 2.72. The normalized spacial score (nSPS) is 10.7. The highest BCUT2D eigenvalue weighted by atomic mass is 32.1. The molecule has 2 nitrogen and oxygen atoms in total. The minimum absolute atomic E-state index is 0.0741. The van der Waals surface area contributed by atoms with Gasteiger partial charge >= 0.3 is 5.97 Å². The molecule has 0 unspecified atom stereocenters. The average molecular weight is 214 g/mol. The van der Waals surface area contributed by atoms with Crippen LogP contribution in [0.1, 0.15) is 9.67 Å². The fourth-order valence-electron chi connectivity index (χ4n) is 1.14. The smallest absolute Gasteiger partial charge is 0.345 e. The molecule has 0 aliphatic rings. The molecule has 1 aromatic carbocycles. The maximum Gasteiger partial charge on any atom is 0.345 e. The fourth-order valence-corrected chi connectivity index (χ4v) is 2.05. The Morgan fingerprint density at radius 3 is 2.50 bits per heavy atom. The van der Waals surface area contributed by atoms with Crippen LogP contribution in [0, 0.1) is 11.6 Å². The van der Waals surface area contributed by atoms with Gasteiger partial charge in [-0.2, -0.15) is 0 Å². The standard InChI is InChI=1S/C9H4F2O2S/c10-5-1-4-2-8(9(12)13)14-7(4)3-6(5)11/h1-3H,(H,12,13). The molecule has 14 heavy (non-hydrogen) atoms. The van der Waals surface area contributed by atoms with Crippen molar-refractivity contribution in [2.75, 3.05) is 0 Å². The Labute approximate surface area is 81.4 Å². The fraction of sp³-hybridized carbons (Fsp3) is 0. The Hall–Kier alpha value is -1.49. The Morgan fingerprint density at radius 1 is 1.21 bits per heavy atom. The highest BCUT2D eigenvalue weighted by Gasteiger charge is 2.11. The summed E-state index contributed by atoms with van der Waals surface area (Å²) in [5.74, 6) is -3.02. The van der Waals surface area contributed by atoms with Gasteiger partial charge in [-0.25, -0.2) is 13.6 Å². The minimum Gasteiger partial charge on any atom is -0.477 e. The van der Waals surface area contributed by atoms with E-state index in [9.17, 15) is 13.6 Å². The van der Waals surface area contributed by atoms with Crippen molar-refractivity contribution in [2.45, 2.75) is 0 Å². The van der Waals surface area contributed by atoms with Crippen molar-refractivity contribution in [1.82, 2.24) is 0 Å². The van der Waals surface area contributed by atoms with Gasteiger partial charge < -0.3 is 5.11 Å². The zero-order chi connectivity index (χ0) is 10.3. The number of carboxylic acids is 1. The van der Waals surface area contributed by atoms with E-state index in [0.29, 0.717) is 10.1 Å². The molecule has 0 bridgehead atoms. The number of thiophene rings is 1. The van der Waals surface area contributed by atoms with Crippen LogP contribution in [0.2, 0.25) is 0 Å². The summed E-state index contributed by atoms with van der Waals surface area (Å²) in [6.07, 6.45) is 0. The maximum absolute atomic E-state index is 12.7. The van der Waals surface area contributed by atoms with Gasteiger partial charge in [0, 0.05) is 4.70 Å². The van der Waals surface area contributed by atoms with Crippen LogP contribution in [-0.4, -0.2) is 11.1 Å². The van der Waals surface area contributed by atoms with Crippen molar-refractivity contribution < 1.29 is 18.7 Å². The highest BCUT2D eigenvalue weighted by Crippen LogP contribution is 2.27. The molecule has 0 atom stereocenters. The summed E-state index contributed by atoms with van der Waals surface area (Å²) in [6, 6.07) is 3.32. The molecule has 2 aromatic rings. The molecule has 1 aromatic heterocycles. The van der Waals surface area contributed by atoms with E-state index in [-0.39, 0.29) is 4.88 Å². The van der Waals surface area contributed by atoms with Gasteiger partial charge in [-0.1, -0.05) is 0 Å². The summed E-state index contributed by atoms with van der Waals surface area (Å²) < 4.78 is 25.9. The Kier molecular flexibility index (Phi) is 1.96. The zero-order valence-corrected chi connectivity index (χ0v) is 7.57. The van der Waals surface area contributed by atoms with Crippen molar-refractivity contribution in [3.63, 3.8) is 0 Å². The third-order valence-electron chi connectivity index (χ3n) is 1.77. The number of rotatable bonds is 1. The second kappa shape index (κ2) is 3.02. The van der Waals surface area contributed by atoms with Crippen molar-refractivity contribution in [2.24, 2.45) is 0 Å². The number of carboxylic acid groups (broad SMARTS) is 1. The molecule has 0 saturated heterocycles. The van der Waals surface area contributed by atoms with Crippen LogP contribution < -0.4 is 0 Å².